The highest BCUT2D eigenvalue weighted by molar-refractivity contribution is 14.0. The summed E-state index contributed by atoms with van der Waals surface area (Å²) in [5.74, 6) is 0.865. The van der Waals surface area contributed by atoms with Crippen LogP contribution in [-0.4, -0.2) is 86.5 Å². The van der Waals surface area contributed by atoms with Gasteiger partial charge in [-0.2, -0.15) is 0 Å². The number of ether oxygens (including phenoxy) is 2. The molecule has 2 atom stereocenters. The van der Waals surface area contributed by atoms with E-state index in [0.29, 0.717) is 6.54 Å². The Hall–Kier alpha value is -1.59. The second-order valence-electron chi connectivity index (χ2n) is 9.58. The Kier molecular flexibility index (Phi) is 10.7. The van der Waals surface area contributed by atoms with Crippen molar-refractivity contribution in [2.75, 3.05) is 53.0 Å². The normalized spacial score (nSPS) is 20.7. The van der Waals surface area contributed by atoms with Crippen molar-refractivity contribution in [3.05, 3.63) is 35.4 Å². The van der Waals surface area contributed by atoms with Gasteiger partial charge in [0, 0.05) is 39.8 Å². The Morgan fingerprint density at radius 3 is 2.64 bits per heavy atom. The van der Waals surface area contributed by atoms with Crippen LogP contribution in [0.15, 0.2) is 29.3 Å². The number of nitrogens with zero attached hydrogens (tertiary/aromatic N) is 3. The molecule has 186 valence electrons. The molecule has 1 aromatic carbocycles. The third-order valence-corrected chi connectivity index (χ3v) is 5.79. The van der Waals surface area contributed by atoms with Crippen molar-refractivity contribution in [3.8, 4) is 0 Å². The largest absolute Gasteiger partial charge is 0.444 e. The minimum absolute atomic E-state index is 0. The van der Waals surface area contributed by atoms with Crippen LogP contribution < -0.4 is 10.6 Å². The molecular weight excluding hydrogens is 533 g/mol. The molecule has 33 heavy (non-hydrogen) atoms. The van der Waals surface area contributed by atoms with Gasteiger partial charge in [0.15, 0.2) is 5.96 Å². The second kappa shape index (κ2) is 12.8. The number of halogens is 1. The van der Waals surface area contributed by atoms with E-state index in [-0.39, 0.29) is 42.2 Å². The van der Waals surface area contributed by atoms with Crippen molar-refractivity contribution in [2.24, 2.45) is 4.99 Å². The average molecular weight is 574 g/mol. The minimum atomic E-state index is -0.496. The average Bonchev–Trinajstić information content (AvgIpc) is 3.18. The number of carbonyl (C=O) groups excluding carboxylic acids is 1. The Labute approximate surface area is 215 Å². The molecule has 0 aromatic heterocycles. The van der Waals surface area contributed by atoms with Crippen LogP contribution in [0.1, 0.15) is 44.4 Å². The molecular formula is C24H40IN5O3. The van der Waals surface area contributed by atoms with Gasteiger partial charge in [-0.3, -0.25) is 9.89 Å². The van der Waals surface area contributed by atoms with Crippen LogP contribution in [0.25, 0.3) is 0 Å². The molecule has 0 aliphatic carbocycles. The molecule has 2 fully saturated rings. The van der Waals surface area contributed by atoms with Crippen molar-refractivity contribution in [3.63, 3.8) is 0 Å². The lowest BCUT2D eigenvalue weighted by molar-refractivity contribution is 0.0169. The molecule has 0 saturated carbocycles. The van der Waals surface area contributed by atoms with E-state index in [2.05, 4.69) is 56.6 Å². The quantitative estimate of drug-likeness (QED) is 0.320. The summed E-state index contributed by atoms with van der Waals surface area (Å²) in [7, 11) is 1.81. The summed E-state index contributed by atoms with van der Waals surface area (Å²) in [5, 5.41) is 6.57. The molecule has 2 saturated heterocycles. The Balaban J connectivity index is 0.00000385. The molecule has 3 rings (SSSR count). The number of hydrogen-bond donors (Lipinski definition) is 2. The van der Waals surface area contributed by atoms with Gasteiger partial charge in [0.2, 0.25) is 0 Å². The number of nitrogens with one attached hydrogen (secondary N) is 2. The number of rotatable bonds is 5. The van der Waals surface area contributed by atoms with Crippen LogP contribution in [0.4, 0.5) is 4.79 Å². The molecule has 8 nitrogen and oxygen atoms in total. The highest BCUT2D eigenvalue weighted by atomic mass is 127. The van der Waals surface area contributed by atoms with E-state index in [1.54, 1.807) is 0 Å². The number of aliphatic imine (C=N–C) groups is 1. The first-order valence-corrected chi connectivity index (χ1v) is 11.6. The summed E-state index contributed by atoms with van der Waals surface area (Å²) in [6.45, 7) is 13.4. The highest BCUT2D eigenvalue weighted by Gasteiger charge is 2.29. The first-order valence-electron chi connectivity index (χ1n) is 11.6. The number of guanidine groups is 1. The van der Waals surface area contributed by atoms with Crippen molar-refractivity contribution in [1.29, 1.82) is 0 Å². The Bertz CT molecular complexity index is 793. The molecule has 9 heteroatoms. The zero-order chi connectivity index (χ0) is 23.1. The first kappa shape index (κ1) is 27.7. The summed E-state index contributed by atoms with van der Waals surface area (Å²) in [6.07, 6.45) is 0.504. The molecule has 2 aliphatic heterocycles. The number of carbonyl (C=O) groups is 1. The zero-order valence-electron chi connectivity index (χ0n) is 20.6. The summed E-state index contributed by atoms with van der Waals surface area (Å²) >= 11 is 0. The molecule has 0 radical (unpaired) electrons. The van der Waals surface area contributed by atoms with Gasteiger partial charge in [-0.1, -0.05) is 29.8 Å². The van der Waals surface area contributed by atoms with Crippen LogP contribution in [0, 0.1) is 6.92 Å². The van der Waals surface area contributed by atoms with Crippen LogP contribution in [0.2, 0.25) is 0 Å². The van der Waals surface area contributed by atoms with E-state index < -0.39 is 5.60 Å². The Morgan fingerprint density at radius 2 is 2.00 bits per heavy atom. The number of alkyl carbamates (subject to hydrolysis) is 1. The smallest absolute Gasteiger partial charge is 0.407 e. The molecule has 0 bridgehead atoms. The summed E-state index contributed by atoms with van der Waals surface area (Å²) < 4.78 is 11.0. The van der Waals surface area contributed by atoms with Crippen LogP contribution in [0.5, 0.6) is 0 Å². The maximum atomic E-state index is 12.1. The van der Waals surface area contributed by atoms with E-state index in [4.69, 9.17) is 9.47 Å². The fourth-order valence-corrected chi connectivity index (χ4v) is 4.29. The number of benzene rings is 1. The molecule has 2 unspecified atom stereocenters. The third kappa shape index (κ3) is 8.60. The van der Waals surface area contributed by atoms with E-state index >= 15 is 0 Å². The molecule has 2 aliphatic rings. The van der Waals surface area contributed by atoms with Gasteiger partial charge < -0.3 is 25.0 Å². The third-order valence-electron chi connectivity index (χ3n) is 5.79. The van der Waals surface area contributed by atoms with Crippen molar-refractivity contribution in [2.45, 2.75) is 51.8 Å². The number of hydrogen-bond acceptors (Lipinski definition) is 5. The molecule has 2 N–H and O–H groups in total. The predicted molar refractivity (Wildman–Crippen MR) is 142 cm³/mol. The van der Waals surface area contributed by atoms with Gasteiger partial charge in [0.05, 0.1) is 25.3 Å². The first-order chi connectivity index (χ1) is 15.2. The SMILES string of the molecule is CN=C(NCC(c1cccc(C)c1)N1CCOCC1)N1CCC(NC(=O)OC(C)(C)C)C1.I. The standard InChI is InChI=1S/C24H39N5O3.HI/c1-18-7-6-8-19(15-18)21(28-11-13-31-14-12-28)16-26-22(25-5)29-10-9-20(17-29)27-23(30)32-24(2,3)4;/h6-8,15,20-21H,9-14,16-17H2,1-5H3,(H,25,26)(H,27,30);1H. The van der Waals surface area contributed by atoms with Crippen molar-refractivity contribution in [1.82, 2.24) is 20.4 Å². The minimum Gasteiger partial charge on any atom is -0.444 e. The van der Waals surface area contributed by atoms with E-state index in [0.717, 1.165) is 51.8 Å². The van der Waals surface area contributed by atoms with Gasteiger partial charge in [0.25, 0.3) is 0 Å². The Morgan fingerprint density at radius 1 is 1.27 bits per heavy atom. The summed E-state index contributed by atoms with van der Waals surface area (Å²) in [5.41, 5.74) is 2.08. The highest BCUT2D eigenvalue weighted by Crippen LogP contribution is 2.22. The number of morpholine rings is 1. The number of aryl methyl sites for hydroxylation is 1. The van der Waals surface area contributed by atoms with Gasteiger partial charge in [0.1, 0.15) is 5.60 Å². The molecule has 2 heterocycles. The lowest BCUT2D eigenvalue weighted by Gasteiger charge is -2.36. The lowest BCUT2D eigenvalue weighted by Crippen LogP contribution is -2.48. The number of amides is 1. The zero-order valence-corrected chi connectivity index (χ0v) is 22.9. The van der Waals surface area contributed by atoms with Crippen LogP contribution in [0.3, 0.4) is 0 Å². The van der Waals surface area contributed by atoms with Gasteiger partial charge in [-0.05, 0) is 39.7 Å². The second-order valence-corrected chi connectivity index (χ2v) is 9.58. The fourth-order valence-electron chi connectivity index (χ4n) is 4.29. The maximum Gasteiger partial charge on any atom is 0.407 e. The van der Waals surface area contributed by atoms with Crippen LogP contribution in [-0.2, 0) is 9.47 Å². The van der Waals surface area contributed by atoms with Crippen LogP contribution >= 0.6 is 24.0 Å². The topological polar surface area (TPSA) is 78.4 Å². The number of likely N-dealkylation sites (tertiary alicyclic amines) is 1. The maximum absolute atomic E-state index is 12.1. The molecule has 1 amide bonds. The van der Waals surface area contributed by atoms with Crippen molar-refractivity contribution < 1.29 is 14.3 Å². The monoisotopic (exact) mass is 573 g/mol. The summed E-state index contributed by atoms with van der Waals surface area (Å²) in [4.78, 5) is 21.3. The van der Waals surface area contributed by atoms with E-state index in [1.165, 1.54) is 11.1 Å². The van der Waals surface area contributed by atoms with Gasteiger partial charge >= 0.3 is 6.09 Å². The van der Waals surface area contributed by atoms with E-state index in [9.17, 15) is 4.79 Å². The molecule has 1 aromatic rings. The van der Waals surface area contributed by atoms with Gasteiger partial charge in [-0.25, -0.2) is 4.79 Å². The van der Waals surface area contributed by atoms with Gasteiger partial charge in [-0.15, -0.1) is 24.0 Å². The summed E-state index contributed by atoms with van der Waals surface area (Å²) in [6, 6.07) is 9.02. The lowest BCUT2D eigenvalue weighted by atomic mass is 10.0. The van der Waals surface area contributed by atoms with E-state index in [1.807, 2.05) is 27.8 Å². The fraction of sp³-hybridized carbons (Fsp3) is 0.667. The molecule has 0 spiro atoms. The van der Waals surface area contributed by atoms with Crippen molar-refractivity contribution >= 4 is 36.0 Å². The predicted octanol–water partition coefficient (Wildman–Crippen LogP) is 3.16.